The number of nitrogens with one attached hydrogen (secondary N) is 2. The van der Waals surface area contributed by atoms with Gasteiger partial charge < -0.3 is 15.0 Å². The van der Waals surface area contributed by atoms with Gasteiger partial charge in [-0.3, -0.25) is 4.79 Å². The molecule has 1 aliphatic heterocycles. The summed E-state index contributed by atoms with van der Waals surface area (Å²) >= 11 is 0. The summed E-state index contributed by atoms with van der Waals surface area (Å²) in [7, 11) is -3.39. The second kappa shape index (κ2) is 8.28. The van der Waals surface area contributed by atoms with Gasteiger partial charge in [-0.25, -0.2) is 13.1 Å². The van der Waals surface area contributed by atoms with E-state index in [2.05, 4.69) is 14.9 Å². The zero-order valence-electron chi connectivity index (χ0n) is 13.2. The van der Waals surface area contributed by atoms with Gasteiger partial charge in [-0.15, -0.1) is 0 Å². The minimum atomic E-state index is -3.39. The number of hydrogen-bond donors (Lipinski definition) is 2. The summed E-state index contributed by atoms with van der Waals surface area (Å²) in [6.07, 6.45) is 0.511. The number of rotatable bonds is 7. The van der Waals surface area contributed by atoms with E-state index >= 15 is 0 Å². The Bertz CT molecular complexity index is 627. The SMILES string of the molecule is CCCS(=O)(=O)NCC(=O)Nc1ccccc1N1CCOCC1. The molecule has 1 fully saturated rings. The second-order valence-corrected chi connectivity index (χ2v) is 7.23. The molecule has 2 rings (SSSR count). The summed E-state index contributed by atoms with van der Waals surface area (Å²) in [6.45, 7) is 4.34. The van der Waals surface area contributed by atoms with Crippen molar-refractivity contribution in [3.8, 4) is 0 Å². The minimum Gasteiger partial charge on any atom is -0.378 e. The van der Waals surface area contributed by atoms with Crippen molar-refractivity contribution in [3.05, 3.63) is 24.3 Å². The maximum Gasteiger partial charge on any atom is 0.239 e. The van der Waals surface area contributed by atoms with Gasteiger partial charge in [-0.1, -0.05) is 19.1 Å². The monoisotopic (exact) mass is 341 g/mol. The smallest absolute Gasteiger partial charge is 0.239 e. The Morgan fingerprint density at radius 2 is 1.96 bits per heavy atom. The summed E-state index contributed by atoms with van der Waals surface area (Å²) in [6, 6.07) is 7.48. The molecule has 0 saturated carbocycles. The predicted octanol–water partition coefficient (Wildman–Crippen LogP) is 0.791. The van der Waals surface area contributed by atoms with Crippen molar-refractivity contribution in [2.75, 3.05) is 48.8 Å². The summed E-state index contributed by atoms with van der Waals surface area (Å²) in [5.74, 6) is -0.365. The summed E-state index contributed by atoms with van der Waals surface area (Å²) in [5, 5.41) is 2.77. The highest BCUT2D eigenvalue weighted by atomic mass is 32.2. The maximum absolute atomic E-state index is 12.0. The lowest BCUT2D eigenvalue weighted by atomic mass is 10.2. The summed E-state index contributed by atoms with van der Waals surface area (Å²) < 4.78 is 30.8. The average Bonchev–Trinajstić information content (AvgIpc) is 2.54. The highest BCUT2D eigenvalue weighted by molar-refractivity contribution is 7.89. The first-order valence-corrected chi connectivity index (χ1v) is 9.36. The molecule has 0 radical (unpaired) electrons. The highest BCUT2D eigenvalue weighted by Crippen LogP contribution is 2.26. The fourth-order valence-corrected chi connectivity index (χ4v) is 3.40. The molecule has 1 saturated heterocycles. The van der Waals surface area contributed by atoms with Gasteiger partial charge in [0.15, 0.2) is 0 Å². The zero-order valence-corrected chi connectivity index (χ0v) is 14.1. The maximum atomic E-state index is 12.0. The molecule has 2 N–H and O–H groups in total. The number of carbonyl (C=O) groups is 1. The first-order chi connectivity index (χ1) is 11.0. The number of amides is 1. The standard InChI is InChI=1S/C15H23N3O4S/c1-2-11-23(20,21)16-12-15(19)17-13-5-3-4-6-14(13)18-7-9-22-10-8-18/h3-6,16H,2,7-12H2,1H3,(H,17,19). The number of para-hydroxylation sites is 2. The van der Waals surface area contributed by atoms with Crippen molar-refractivity contribution < 1.29 is 17.9 Å². The molecule has 128 valence electrons. The normalized spacial score (nSPS) is 15.4. The number of carbonyl (C=O) groups excluding carboxylic acids is 1. The Morgan fingerprint density at radius 1 is 1.26 bits per heavy atom. The number of ether oxygens (including phenoxy) is 1. The Hall–Kier alpha value is -1.64. The van der Waals surface area contributed by atoms with Crippen LogP contribution in [-0.4, -0.2) is 52.9 Å². The number of sulfonamides is 1. The van der Waals surface area contributed by atoms with E-state index in [9.17, 15) is 13.2 Å². The molecule has 0 atom stereocenters. The molecule has 8 heteroatoms. The molecule has 0 aromatic heterocycles. The van der Waals surface area contributed by atoms with Crippen LogP contribution < -0.4 is 14.9 Å². The van der Waals surface area contributed by atoms with Crippen LogP contribution in [0.2, 0.25) is 0 Å². The van der Waals surface area contributed by atoms with Gasteiger partial charge >= 0.3 is 0 Å². The molecular weight excluding hydrogens is 318 g/mol. The number of morpholine rings is 1. The van der Waals surface area contributed by atoms with Crippen LogP contribution in [0.5, 0.6) is 0 Å². The van der Waals surface area contributed by atoms with Crippen molar-refractivity contribution in [3.63, 3.8) is 0 Å². The van der Waals surface area contributed by atoms with Crippen LogP contribution in [0.1, 0.15) is 13.3 Å². The third-order valence-corrected chi connectivity index (χ3v) is 4.99. The van der Waals surface area contributed by atoms with Crippen LogP contribution in [-0.2, 0) is 19.6 Å². The van der Waals surface area contributed by atoms with E-state index in [1.807, 2.05) is 24.3 Å². The molecule has 0 aliphatic carbocycles. The van der Waals surface area contributed by atoms with Crippen LogP contribution in [0.4, 0.5) is 11.4 Å². The third kappa shape index (κ3) is 5.49. The molecular formula is C15H23N3O4S. The van der Waals surface area contributed by atoms with Crippen molar-refractivity contribution in [2.24, 2.45) is 0 Å². The molecule has 1 heterocycles. The Kier molecular flexibility index (Phi) is 6.37. The number of nitrogens with zero attached hydrogens (tertiary/aromatic N) is 1. The highest BCUT2D eigenvalue weighted by Gasteiger charge is 2.16. The van der Waals surface area contributed by atoms with Crippen LogP contribution in [0.3, 0.4) is 0 Å². The zero-order chi connectivity index (χ0) is 16.7. The fourth-order valence-electron chi connectivity index (χ4n) is 2.37. The Morgan fingerprint density at radius 3 is 2.65 bits per heavy atom. The van der Waals surface area contributed by atoms with E-state index in [4.69, 9.17) is 4.74 Å². The van der Waals surface area contributed by atoms with Crippen LogP contribution in [0.15, 0.2) is 24.3 Å². The van der Waals surface area contributed by atoms with Gasteiger partial charge in [0.2, 0.25) is 15.9 Å². The topological polar surface area (TPSA) is 87.7 Å². The molecule has 1 aromatic rings. The lowest BCUT2D eigenvalue weighted by Crippen LogP contribution is -2.37. The van der Waals surface area contributed by atoms with Gasteiger partial charge in [0.05, 0.1) is 36.9 Å². The molecule has 0 spiro atoms. The van der Waals surface area contributed by atoms with E-state index in [0.717, 1.165) is 18.8 Å². The van der Waals surface area contributed by atoms with Gasteiger partial charge in [0.25, 0.3) is 0 Å². The first-order valence-electron chi connectivity index (χ1n) is 7.71. The quantitative estimate of drug-likeness (QED) is 0.766. The second-order valence-electron chi connectivity index (χ2n) is 5.30. The molecule has 1 aliphatic rings. The van der Waals surface area contributed by atoms with Gasteiger partial charge in [0, 0.05) is 13.1 Å². The number of benzene rings is 1. The third-order valence-electron chi connectivity index (χ3n) is 3.46. The first kappa shape index (κ1) is 17.7. The molecule has 23 heavy (non-hydrogen) atoms. The van der Waals surface area contributed by atoms with E-state index < -0.39 is 10.0 Å². The van der Waals surface area contributed by atoms with E-state index in [0.29, 0.717) is 25.3 Å². The van der Waals surface area contributed by atoms with Gasteiger partial charge in [-0.05, 0) is 18.6 Å². The van der Waals surface area contributed by atoms with Crippen molar-refractivity contribution in [1.29, 1.82) is 0 Å². The molecule has 1 aromatic carbocycles. The largest absolute Gasteiger partial charge is 0.378 e. The fraction of sp³-hybridized carbons (Fsp3) is 0.533. The van der Waals surface area contributed by atoms with Crippen molar-refractivity contribution in [1.82, 2.24) is 4.72 Å². The lowest BCUT2D eigenvalue weighted by molar-refractivity contribution is -0.115. The van der Waals surface area contributed by atoms with Crippen LogP contribution >= 0.6 is 0 Å². The van der Waals surface area contributed by atoms with Crippen LogP contribution in [0.25, 0.3) is 0 Å². The molecule has 0 bridgehead atoms. The average molecular weight is 341 g/mol. The van der Waals surface area contributed by atoms with E-state index in [-0.39, 0.29) is 18.2 Å². The minimum absolute atomic E-state index is 0.0185. The van der Waals surface area contributed by atoms with E-state index in [1.54, 1.807) is 6.92 Å². The van der Waals surface area contributed by atoms with Gasteiger partial charge in [0.1, 0.15) is 0 Å². The molecule has 7 nitrogen and oxygen atoms in total. The van der Waals surface area contributed by atoms with Crippen molar-refractivity contribution in [2.45, 2.75) is 13.3 Å². The van der Waals surface area contributed by atoms with E-state index in [1.165, 1.54) is 0 Å². The number of hydrogen-bond acceptors (Lipinski definition) is 5. The summed E-state index contributed by atoms with van der Waals surface area (Å²) in [4.78, 5) is 14.2. The van der Waals surface area contributed by atoms with Crippen molar-refractivity contribution >= 4 is 27.3 Å². The van der Waals surface area contributed by atoms with Crippen LogP contribution in [0, 0.1) is 0 Å². The Labute approximate surface area is 137 Å². The Balaban J connectivity index is 1.98. The predicted molar refractivity (Wildman–Crippen MR) is 90.2 cm³/mol. The molecule has 0 unspecified atom stereocenters. The van der Waals surface area contributed by atoms with Gasteiger partial charge in [-0.2, -0.15) is 0 Å². The summed E-state index contributed by atoms with van der Waals surface area (Å²) in [5.41, 5.74) is 1.59. The lowest BCUT2D eigenvalue weighted by Gasteiger charge is -2.30. The number of anilines is 2. The molecule has 1 amide bonds.